The molecule has 24 heavy (non-hydrogen) atoms. The first-order valence-corrected chi connectivity index (χ1v) is 9.02. The van der Waals surface area contributed by atoms with Gasteiger partial charge >= 0.3 is 0 Å². The molecule has 0 saturated carbocycles. The summed E-state index contributed by atoms with van der Waals surface area (Å²) in [5.74, 6) is 1.85. The van der Waals surface area contributed by atoms with Crippen LogP contribution in [0.2, 0.25) is 0 Å². The van der Waals surface area contributed by atoms with Gasteiger partial charge in [0, 0.05) is 51.0 Å². The average molecular weight is 335 g/mol. The van der Waals surface area contributed by atoms with Gasteiger partial charge in [0.2, 0.25) is 5.95 Å². The Morgan fingerprint density at radius 3 is 2.21 bits per heavy atom. The van der Waals surface area contributed by atoms with Crippen molar-refractivity contribution in [2.24, 2.45) is 0 Å². The predicted octanol–water partition coefficient (Wildman–Crippen LogP) is 0.251. The first-order chi connectivity index (χ1) is 11.7. The van der Waals surface area contributed by atoms with Gasteiger partial charge in [-0.05, 0) is 26.2 Å². The van der Waals surface area contributed by atoms with Crippen LogP contribution in [0, 0.1) is 6.92 Å². The molecule has 0 amide bonds. The fourth-order valence-corrected chi connectivity index (χ4v) is 3.54. The van der Waals surface area contributed by atoms with E-state index in [0.29, 0.717) is 0 Å². The van der Waals surface area contributed by atoms with Crippen molar-refractivity contribution in [3.63, 3.8) is 0 Å². The third kappa shape index (κ3) is 3.96. The summed E-state index contributed by atoms with van der Waals surface area (Å²) in [6.45, 7) is 7.49. The van der Waals surface area contributed by atoms with E-state index in [0.717, 1.165) is 56.7 Å². The van der Waals surface area contributed by atoms with Crippen molar-refractivity contribution in [3.05, 3.63) is 11.8 Å². The summed E-state index contributed by atoms with van der Waals surface area (Å²) in [7, 11) is 0. The molecule has 3 heterocycles. The van der Waals surface area contributed by atoms with E-state index in [2.05, 4.69) is 25.8 Å². The molecule has 1 aromatic rings. The Kier molecular flexibility index (Phi) is 5.86. The molecule has 0 unspecified atom stereocenters. The highest BCUT2D eigenvalue weighted by Crippen LogP contribution is 2.22. The van der Waals surface area contributed by atoms with E-state index < -0.39 is 0 Å². The third-order valence-corrected chi connectivity index (χ3v) is 5.04. The lowest BCUT2D eigenvalue weighted by Crippen LogP contribution is -2.52. The van der Waals surface area contributed by atoms with Crippen LogP contribution in [-0.4, -0.2) is 83.6 Å². The topological polar surface area (TPSA) is 76.0 Å². The van der Waals surface area contributed by atoms with Crippen molar-refractivity contribution in [2.75, 3.05) is 62.3 Å². The van der Waals surface area contributed by atoms with Crippen LogP contribution < -0.4 is 9.80 Å². The van der Waals surface area contributed by atoms with Crippen molar-refractivity contribution in [1.29, 1.82) is 0 Å². The van der Waals surface area contributed by atoms with Crippen LogP contribution in [0.3, 0.4) is 0 Å². The number of hydrogen-bond donors (Lipinski definition) is 2. The number of aliphatic hydroxyl groups is 2. The van der Waals surface area contributed by atoms with Crippen LogP contribution >= 0.6 is 0 Å². The van der Waals surface area contributed by atoms with Crippen molar-refractivity contribution < 1.29 is 10.2 Å². The monoisotopic (exact) mass is 335 g/mol. The van der Waals surface area contributed by atoms with Crippen LogP contribution in [-0.2, 0) is 0 Å². The Hall–Kier alpha value is -1.44. The Balaban J connectivity index is 1.68. The molecule has 7 nitrogen and oxygen atoms in total. The molecular weight excluding hydrogens is 306 g/mol. The zero-order valence-electron chi connectivity index (χ0n) is 14.6. The first kappa shape index (κ1) is 17.4. The molecule has 0 radical (unpaired) electrons. The normalized spacial score (nSPS) is 20.0. The number of anilines is 2. The van der Waals surface area contributed by atoms with Crippen LogP contribution in [0.15, 0.2) is 6.07 Å². The van der Waals surface area contributed by atoms with Crippen LogP contribution in [0.4, 0.5) is 11.8 Å². The molecule has 2 N–H and O–H groups in total. The number of nitrogens with zero attached hydrogens (tertiary/aromatic N) is 5. The van der Waals surface area contributed by atoms with Gasteiger partial charge in [0.15, 0.2) is 0 Å². The summed E-state index contributed by atoms with van der Waals surface area (Å²) in [5.41, 5.74) is 1.01. The molecule has 0 aliphatic carbocycles. The van der Waals surface area contributed by atoms with Crippen molar-refractivity contribution in [3.8, 4) is 0 Å². The minimum absolute atomic E-state index is 0.00221. The quantitative estimate of drug-likeness (QED) is 0.799. The van der Waals surface area contributed by atoms with Crippen molar-refractivity contribution in [2.45, 2.75) is 32.2 Å². The van der Waals surface area contributed by atoms with Gasteiger partial charge in [0.25, 0.3) is 0 Å². The van der Waals surface area contributed by atoms with Gasteiger partial charge in [0.05, 0.1) is 19.3 Å². The Labute approximate surface area is 143 Å². The number of piperazine rings is 1. The SMILES string of the molecule is Cc1cc(N2CCN(C(CO)CO)CC2)nc(N2CCCCC2)n1. The molecule has 2 aliphatic rings. The van der Waals surface area contributed by atoms with Crippen molar-refractivity contribution >= 4 is 11.8 Å². The van der Waals surface area contributed by atoms with E-state index in [1.807, 2.05) is 6.92 Å². The standard InChI is InChI=1S/C17H29N5O2/c1-14-11-16(19-17(18-14)22-5-3-2-4-6-22)21-9-7-20(8-10-21)15(12-23)13-24/h11,15,23-24H,2-10,12-13H2,1H3. The van der Waals surface area contributed by atoms with Gasteiger partial charge in [-0.3, -0.25) is 4.90 Å². The average Bonchev–Trinajstić information content (AvgIpc) is 2.63. The second-order valence-corrected chi connectivity index (χ2v) is 6.76. The van der Waals surface area contributed by atoms with Gasteiger partial charge in [0.1, 0.15) is 5.82 Å². The summed E-state index contributed by atoms with van der Waals surface area (Å²) >= 11 is 0. The number of rotatable bonds is 5. The van der Waals surface area contributed by atoms with Gasteiger partial charge in [-0.1, -0.05) is 0 Å². The summed E-state index contributed by atoms with van der Waals surface area (Å²) < 4.78 is 0. The number of piperidine rings is 1. The highest BCUT2D eigenvalue weighted by molar-refractivity contribution is 5.46. The second-order valence-electron chi connectivity index (χ2n) is 6.76. The molecule has 2 aliphatic heterocycles. The molecule has 134 valence electrons. The Morgan fingerprint density at radius 2 is 1.58 bits per heavy atom. The Morgan fingerprint density at radius 1 is 0.917 bits per heavy atom. The maximum Gasteiger partial charge on any atom is 0.227 e. The van der Waals surface area contributed by atoms with Gasteiger partial charge in [-0.15, -0.1) is 0 Å². The summed E-state index contributed by atoms with van der Waals surface area (Å²) in [4.78, 5) is 16.2. The summed E-state index contributed by atoms with van der Waals surface area (Å²) in [6, 6.07) is 1.90. The maximum atomic E-state index is 9.34. The molecular formula is C17H29N5O2. The third-order valence-electron chi connectivity index (χ3n) is 5.04. The lowest BCUT2D eigenvalue weighted by atomic mass is 10.1. The minimum Gasteiger partial charge on any atom is -0.395 e. The van der Waals surface area contributed by atoms with E-state index >= 15 is 0 Å². The second kappa shape index (κ2) is 8.09. The fourth-order valence-electron chi connectivity index (χ4n) is 3.54. The van der Waals surface area contributed by atoms with Crippen LogP contribution in [0.25, 0.3) is 0 Å². The van der Waals surface area contributed by atoms with E-state index in [4.69, 9.17) is 4.98 Å². The van der Waals surface area contributed by atoms with Gasteiger partial charge in [-0.2, -0.15) is 4.98 Å². The number of aromatic nitrogens is 2. The lowest BCUT2D eigenvalue weighted by molar-refractivity contribution is 0.0699. The number of hydrogen-bond acceptors (Lipinski definition) is 7. The molecule has 2 saturated heterocycles. The van der Waals surface area contributed by atoms with E-state index in [-0.39, 0.29) is 19.3 Å². The van der Waals surface area contributed by atoms with E-state index in [1.165, 1.54) is 19.3 Å². The molecule has 0 bridgehead atoms. The summed E-state index contributed by atoms with van der Waals surface area (Å²) in [5, 5.41) is 18.7. The molecule has 2 fully saturated rings. The zero-order valence-corrected chi connectivity index (χ0v) is 14.6. The van der Waals surface area contributed by atoms with E-state index in [1.54, 1.807) is 0 Å². The van der Waals surface area contributed by atoms with Crippen LogP contribution in [0.5, 0.6) is 0 Å². The molecule has 0 spiro atoms. The highest BCUT2D eigenvalue weighted by Gasteiger charge is 2.24. The molecule has 3 rings (SSSR count). The summed E-state index contributed by atoms with van der Waals surface area (Å²) in [6.07, 6.45) is 3.73. The molecule has 1 aromatic heterocycles. The first-order valence-electron chi connectivity index (χ1n) is 9.02. The van der Waals surface area contributed by atoms with Gasteiger partial charge in [-0.25, -0.2) is 4.98 Å². The molecule has 7 heteroatoms. The van der Waals surface area contributed by atoms with Crippen LogP contribution in [0.1, 0.15) is 25.0 Å². The number of aliphatic hydroxyl groups excluding tert-OH is 2. The highest BCUT2D eigenvalue weighted by atomic mass is 16.3. The zero-order chi connectivity index (χ0) is 16.9. The predicted molar refractivity (Wildman–Crippen MR) is 94.6 cm³/mol. The lowest BCUT2D eigenvalue weighted by Gasteiger charge is -2.39. The molecule has 0 atom stereocenters. The van der Waals surface area contributed by atoms with Crippen molar-refractivity contribution in [1.82, 2.24) is 14.9 Å². The maximum absolute atomic E-state index is 9.34. The number of aryl methyl sites for hydroxylation is 1. The minimum atomic E-state index is -0.150. The van der Waals surface area contributed by atoms with Gasteiger partial charge < -0.3 is 20.0 Å². The fraction of sp³-hybridized carbons (Fsp3) is 0.765. The smallest absolute Gasteiger partial charge is 0.227 e. The van der Waals surface area contributed by atoms with E-state index in [9.17, 15) is 10.2 Å². The Bertz CT molecular complexity index is 524. The largest absolute Gasteiger partial charge is 0.395 e. The molecule has 0 aromatic carbocycles.